The van der Waals surface area contributed by atoms with E-state index in [2.05, 4.69) is 10.3 Å². The van der Waals surface area contributed by atoms with Crippen molar-refractivity contribution < 1.29 is 14.3 Å². The van der Waals surface area contributed by atoms with Crippen LogP contribution in [0.15, 0.2) is 36.7 Å². The monoisotopic (exact) mass is 314 g/mol. The number of hydrogen-bond donors (Lipinski definition) is 0. The Labute approximate surface area is 133 Å². The molecule has 0 aliphatic carbocycles. The van der Waals surface area contributed by atoms with Crippen molar-refractivity contribution in [1.82, 2.24) is 19.9 Å². The predicted octanol–water partition coefficient (Wildman–Crippen LogP) is 1.28. The molecule has 2 aliphatic heterocycles. The minimum atomic E-state index is -0.562. The van der Waals surface area contributed by atoms with E-state index in [9.17, 15) is 4.79 Å². The van der Waals surface area contributed by atoms with Gasteiger partial charge in [0.2, 0.25) is 6.10 Å². The molecule has 0 N–H and O–H groups in total. The molecule has 0 radical (unpaired) electrons. The smallest absolute Gasteiger partial charge is 0.267 e. The van der Waals surface area contributed by atoms with Crippen molar-refractivity contribution >= 4 is 5.91 Å². The lowest BCUT2D eigenvalue weighted by atomic mass is 10.0. The Hall–Kier alpha value is -2.57. The standard InChI is InChI=1S/C16H18N4O3/c21-16(15-11-22-13-3-1-2-4-14(13)23-15)19-8-5-12(6-9-19)20-10-7-17-18-20/h1-4,7,10,12,15H,5-6,8-9,11H2. The maximum Gasteiger partial charge on any atom is 0.267 e. The maximum absolute atomic E-state index is 12.6. The van der Waals surface area contributed by atoms with Crippen molar-refractivity contribution in [1.29, 1.82) is 0 Å². The fourth-order valence-electron chi connectivity index (χ4n) is 3.11. The molecular weight excluding hydrogens is 296 g/mol. The Morgan fingerprint density at radius 3 is 2.70 bits per heavy atom. The molecule has 2 aromatic rings. The van der Waals surface area contributed by atoms with Gasteiger partial charge in [0.25, 0.3) is 5.91 Å². The fourth-order valence-corrected chi connectivity index (χ4v) is 3.11. The molecule has 3 heterocycles. The third-order valence-electron chi connectivity index (χ3n) is 4.38. The van der Waals surface area contributed by atoms with Crippen molar-refractivity contribution in [2.24, 2.45) is 0 Å². The third-order valence-corrected chi connectivity index (χ3v) is 4.38. The van der Waals surface area contributed by atoms with E-state index in [0.29, 0.717) is 30.6 Å². The van der Waals surface area contributed by atoms with Gasteiger partial charge in [-0.05, 0) is 25.0 Å². The second-order valence-corrected chi connectivity index (χ2v) is 5.80. The SMILES string of the molecule is O=C(C1COc2ccccc2O1)N1CCC(n2ccnn2)CC1. The van der Waals surface area contributed by atoms with Gasteiger partial charge in [0.05, 0.1) is 12.2 Å². The van der Waals surface area contributed by atoms with Crippen LogP contribution in [0.4, 0.5) is 0 Å². The summed E-state index contributed by atoms with van der Waals surface area (Å²) in [7, 11) is 0. The molecular formula is C16H18N4O3. The van der Waals surface area contributed by atoms with Gasteiger partial charge in [0.15, 0.2) is 11.5 Å². The number of benzene rings is 1. The lowest BCUT2D eigenvalue weighted by molar-refractivity contribution is -0.142. The Morgan fingerprint density at radius 1 is 1.17 bits per heavy atom. The van der Waals surface area contributed by atoms with Crippen LogP contribution in [-0.2, 0) is 4.79 Å². The van der Waals surface area contributed by atoms with Crippen molar-refractivity contribution in [3.63, 3.8) is 0 Å². The summed E-state index contributed by atoms with van der Waals surface area (Å²) in [5.74, 6) is 1.33. The summed E-state index contributed by atoms with van der Waals surface area (Å²) < 4.78 is 13.3. The molecule has 7 nitrogen and oxygen atoms in total. The van der Waals surface area contributed by atoms with Gasteiger partial charge < -0.3 is 14.4 Å². The molecule has 0 spiro atoms. The van der Waals surface area contributed by atoms with Gasteiger partial charge in [-0.3, -0.25) is 4.79 Å². The summed E-state index contributed by atoms with van der Waals surface area (Å²) in [6.45, 7) is 1.66. The van der Waals surface area contributed by atoms with E-state index in [0.717, 1.165) is 12.8 Å². The first-order chi connectivity index (χ1) is 11.3. The van der Waals surface area contributed by atoms with Crippen LogP contribution in [0.25, 0.3) is 0 Å². The first-order valence-corrected chi connectivity index (χ1v) is 7.84. The second-order valence-electron chi connectivity index (χ2n) is 5.80. The number of likely N-dealkylation sites (tertiary alicyclic amines) is 1. The van der Waals surface area contributed by atoms with E-state index in [1.54, 1.807) is 6.20 Å². The number of ether oxygens (including phenoxy) is 2. The zero-order valence-electron chi connectivity index (χ0n) is 12.7. The molecule has 1 aromatic heterocycles. The number of piperidine rings is 1. The Morgan fingerprint density at radius 2 is 1.96 bits per heavy atom. The van der Waals surface area contributed by atoms with E-state index in [4.69, 9.17) is 9.47 Å². The highest BCUT2D eigenvalue weighted by molar-refractivity contribution is 5.82. The van der Waals surface area contributed by atoms with Crippen molar-refractivity contribution in [2.45, 2.75) is 25.0 Å². The van der Waals surface area contributed by atoms with Crippen molar-refractivity contribution in [2.75, 3.05) is 19.7 Å². The number of fused-ring (bicyclic) bond motifs is 1. The summed E-state index contributed by atoms with van der Waals surface area (Å²) in [4.78, 5) is 14.5. The summed E-state index contributed by atoms with van der Waals surface area (Å²) in [5, 5.41) is 7.89. The number of aromatic nitrogens is 3. The minimum absolute atomic E-state index is 0.00320. The molecule has 7 heteroatoms. The highest BCUT2D eigenvalue weighted by Crippen LogP contribution is 2.31. The Kier molecular flexibility index (Phi) is 3.61. The van der Waals surface area contributed by atoms with Crippen LogP contribution in [0.5, 0.6) is 11.5 Å². The van der Waals surface area contributed by atoms with Crippen LogP contribution in [0.1, 0.15) is 18.9 Å². The molecule has 1 aromatic carbocycles. The first-order valence-electron chi connectivity index (χ1n) is 7.84. The third kappa shape index (κ3) is 2.74. The zero-order valence-corrected chi connectivity index (χ0v) is 12.7. The average Bonchev–Trinajstić information content (AvgIpc) is 3.15. The fraction of sp³-hybridized carbons (Fsp3) is 0.438. The van der Waals surface area contributed by atoms with Gasteiger partial charge in [-0.25, -0.2) is 4.68 Å². The minimum Gasteiger partial charge on any atom is -0.485 e. The molecule has 2 aliphatic rings. The molecule has 1 unspecified atom stereocenters. The summed E-state index contributed by atoms with van der Waals surface area (Å²) in [5.41, 5.74) is 0. The molecule has 0 bridgehead atoms. The number of para-hydroxylation sites is 2. The Balaban J connectivity index is 1.37. The van der Waals surface area contributed by atoms with Crippen LogP contribution in [0.2, 0.25) is 0 Å². The average molecular weight is 314 g/mol. The molecule has 1 atom stereocenters. The van der Waals surface area contributed by atoms with Crippen LogP contribution >= 0.6 is 0 Å². The number of rotatable bonds is 2. The van der Waals surface area contributed by atoms with E-state index < -0.39 is 6.10 Å². The van der Waals surface area contributed by atoms with Gasteiger partial charge >= 0.3 is 0 Å². The van der Waals surface area contributed by atoms with Gasteiger partial charge in [-0.15, -0.1) is 5.10 Å². The van der Waals surface area contributed by atoms with Gasteiger partial charge in [0.1, 0.15) is 6.61 Å². The molecule has 1 fully saturated rings. The van der Waals surface area contributed by atoms with Gasteiger partial charge in [-0.2, -0.15) is 0 Å². The summed E-state index contributed by atoms with van der Waals surface area (Å²) in [6, 6.07) is 7.74. The normalized spacial score (nSPS) is 21.2. The highest BCUT2D eigenvalue weighted by Gasteiger charge is 2.33. The molecule has 23 heavy (non-hydrogen) atoms. The zero-order chi connectivity index (χ0) is 15.6. The largest absolute Gasteiger partial charge is 0.485 e. The van der Waals surface area contributed by atoms with Gasteiger partial charge in [0, 0.05) is 19.3 Å². The van der Waals surface area contributed by atoms with Crippen LogP contribution < -0.4 is 9.47 Å². The van der Waals surface area contributed by atoms with Gasteiger partial charge in [-0.1, -0.05) is 17.3 Å². The van der Waals surface area contributed by atoms with Crippen LogP contribution in [0, 0.1) is 0 Å². The molecule has 4 rings (SSSR count). The molecule has 0 saturated carbocycles. The predicted molar refractivity (Wildman–Crippen MR) is 81.2 cm³/mol. The number of carbonyl (C=O) groups is 1. The lowest BCUT2D eigenvalue weighted by Gasteiger charge is -2.35. The maximum atomic E-state index is 12.6. The molecule has 1 amide bonds. The van der Waals surface area contributed by atoms with E-state index in [-0.39, 0.29) is 12.5 Å². The van der Waals surface area contributed by atoms with E-state index in [1.807, 2.05) is 40.0 Å². The summed E-state index contributed by atoms with van der Waals surface area (Å²) >= 11 is 0. The molecule has 120 valence electrons. The number of carbonyl (C=O) groups excluding carboxylic acids is 1. The van der Waals surface area contributed by atoms with Crippen LogP contribution in [-0.4, -0.2) is 51.6 Å². The van der Waals surface area contributed by atoms with E-state index in [1.165, 1.54) is 0 Å². The van der Waals surface area contributed by atoms with Crippen molar-refractivity contribution in [3.8, 4) is 11.5 Å². The number of amides is 1. The van der Waals surface area contributed by atoms with Crippen molar-refractivity contribution in [3.05, 3.63) is 36.7 Å². The second kappa shape index (κ2) is 5.91. The molecule has 1 saturated heterocycles. The van der Waals surface area contributed by atoms with Crippen LogP contribution in [0.3, 0.4) is 0 Å². The Bertz CT molecular complexity index is 680. The highest BCUT2D eigenvalue weighted by atomic mass is 16.6. The first kappa shape index (κ1) is 14.0. The summed E-state index contributed by atoms with van der Waals surface area (Å²) in [6.07, 6.45) is 4.74. The topological polar surface area (TPSA) is 69.5 Å². The quantitative estimate of drug-likeness (QED) is 0.835. The lowest BCUT2D eigenvalue weighted by Crippen LogP contribution is -2.49. The number of nitrogens with zero attached hydrogens (tertiary/aromatic N) is 4. The number of hydrogen-bond acceptors (Lipinski definition) is 5. The van der Waals surface area contributed by atoms with E-state index >= 15 is 0 Å².